The number of hydrogen-bond acceptors (Lipinski definition) is 5. The van der Waals surface area contributed by atoms with Crippen molar-refractivity contribution in [3.63, 3.8) is 0 Å². The first-order valence-electron chi connectivity index (χ1n) is 12.9. The topological polar surface area (TPSA) is 71.5 Å². The van der Waals surface area contributed by atoms with Crippen LogP contribution in [0.1, 0.15) is 51.0 Å². The molecule has 2 saturated heterocycles. The zero-order chi connectivity index (χ0) is 25.5. The standard InChI is InChI=1S/C28H37N3O5/c1-4-5-6-17-36-26-19-23(12-13-24(26)34-2)31-16-8-14-29(28(31)33)20-21-10-11-22(18-25(21)35-3)30-15-7-9-27(30)32/h10-13,18-19H,4-9,14-17,20H2,1-3H3. The first-order chi connectivity index (χ1) is 17.5. The molecule has 2 aliphatic rings. The molecule has 8 heteroatoms. The summed E-state index contributed by atoms with van der Waals surface area (Å²) in [6.45, 7) is 5.25. The van der Waals surface area contributed by atoms with Crippen molar-refractivity contribution in [2.75, 3.05) is 50.3 Å². The Bertz CT molecular complexity index is 1070. The molecule has 194 valence electrons. The van der Waals surface area contributed by atoms with Crippen LogP contribution in [0.2, 0.25) is 0 Å². The summed E-state index contributed by atoms with van der Waals surface area (Å²) >= 11 is 0. The predicted octanol–water partition coefficient (Wildman–Crippen LogP) is 5.23. The van der Waals surface area contributed by atoms with Crippen molar-refractivity contribution < 1.29 is 23.8 Å². The quantitative estimate of drug-likeness (QED) is 0.399. The molecule has 0 saturated carbocycles. The van der Waals surface area contributed by atoms with Crippen LogP contribution in [0.5, 0.6) is 17.2 Å². The Hall–Kier alpha value is -3.42. The Morgan fingerprint density at radius 2 is 1.53 bits per heavy atom. The number of nitrogens with zero attached hydrogens (tertiary/aromatic N) is 3. The zero-order valence-corrected chi connectivity index (χ0v) is 21.6. The summed E-state index contributed by atoms with van der Waals surface area (Å²) in [4.78, 5) is 31.1. The molecule has 3 amide bonds. The molecule has 0 bridgehead atoms. The van der Waals surface area contributed by atoms with Crippen LogP contribution in [0.3, 0.4) is 0 Å². The average molecular weight is 496 g/mol. The van der Waals surface area contributed by atoms with Crippen LogP contribution >= 0.6 is 0 Å². The van der Waals surface area contributed by atoms with Gasteiger partial charge in [-0.3, -0.25) is 9.69 Å². The summed E-state index contributed by atoms with van der Waals surface area (Å²) < 4.78 is 17.1. The van der Waals surface area contributed by atoms with Crippen molar-refractivity contribution in [3.05, 3.63) is 42.0 Å². The number of carbonyl (C=O) groups excluding carboxylic acids is 2. The minimum atomic E-state index is -0.0517. The van der Waals surface area contributed by atoms with Gasteiger partial charge in [-0.25, -0.2) is 4.79 Å². The molecule has 0 radical (unpaired) electrons. The molecule has 2 heterocycles. The van der Waals surface area contributed by atoms with Gasteiger partial charge in [-0.15, -0.1) is 0 Å². The number of unbranched alkanes of at least 4 members (excludes halogenated alkanes) is 2. The molecular weight excluding hydrogens is 458 g/mol. The molecule has 2 aromatic rings. The third-order valence-electron chi connectivity index (χ3n) is 6.79. The highest BCUT2D eigenvalue weighted by molar-refractivity contribution is 5.95. The van der Waals surface area contributed by atoms with Gasteiger partial charge in [0.2, 0.25) is 5.91 Å². The second-order valence-electron chi connectivity index (χ2n) is 9.25. The van der Waals surface area contributed by atoms with Gasteiger partial charge in [0, 0.05) is 55.1 Å². The molecule has 0 aromatic heterocycles. The van der Waals surface area contributed by atoms with Gasteiger partial charge in [-0.05, 0) is 37.5 Å². The molecule has 36 heavy (non-hydrogen) atoms. The number of benzene rings is 2. The van der Waals surface area contributed by atoms with Crippen LogP contribution < -0.4 is 24.0 Å². The monoisotopic (exact) mass is 495 g/mol. The molecule has 2 fully saturated rings. The van der Waals surface area contributed by atoms with Gasteiger partial charge < -0.3 is 24.0 Å². The number of hydrogen-bond donors (Lipinski definition) is 0. The van der Waals surface area contributed by atoms with Gasteiger partial charge in [0.05, 0.1) is 27.4 Å². The highest BCUT2D eigenvalue weighted by Gasteiger charge is 2.29. The van der Waals surface area contributed by atoms with Gasteiger partial charge in [-0.1, -0.05) is 25.8 Å². The normalized spacial score (nSPS) is 16.0. The van der Waals surface area contributed by atoms with Crippen LogP contribution in [0.15, 0.2) is 36.4 Å². The lowest BCUT2D eigenvalue weighted by Gasteiger charge is -2.36. The predicted molar refractivity (Wildman–Crippen MR) is 140 cm³/mol. The van der Waals surface area contributed by atoms with Crippen molar-refractivity contribution in [1.29, 1.82) is 0 Å². The van der Waals surface area contributed by atoms with Crippen molar-refractivity contribution in [2.45, 2.75) is 52.0 Å². The Morgan fingerprint density at radius 3 is 2.25 bits per heavy atom. The number of amides is 3. The van der Waals surface area contributed by atoms with Gasteiger partial charge in [0.15, 0.2) is 11.5 Å². The molecule has 0 N–H and O–H groups in total. The minimum Gasteiger partial charge on any atom is -0.496 e. The molecule has 0 aliphatic carbocycles. The summed E-state index contributed by atoms with van der Waals surface area (Å²) in [6, 6.07) is 11.4. The summed E-state index contributed by atoms with van der Waals surface area (Å²) in [7, 11) is 3.25. The Labute approximate surface area is 213 Å². The van der Waals surface area contributed by atoms with E-state index in [1.165, 1.54) is 0 Å². The maximum Gasteiger partial charge on any atom is 0.324 e. The number of carbonyl (C=O) groups is 2. The van der Waals surface area contributed by atoms with Gasteiger partial charge in [0.25, 0.3) is 0 Å². The molecule has 0 unspecified atom stereocenters. The van der Waals surface area contributed by atoms with E-state index in [0.717, 1.165) is 55.6 Å². The van der Waals surface area contributed by atoms with E-state index in [0.29, 0.717) is 49.9 Å². The second-order valence-corrected chi connectivity index (χ2v) is 9.25. The van der Waals surface area contributed by atoms with Gasteiger partial charge >= 0.3 is 6.03 Å². The SMILES string of the molecule is CCCCCOc1cc(N2CCCN(Cc3ccc(N4CCCC4=O)cc3OC)C2=O)ccc1OC. The summed E-state index contributed by atoms with van der Waals surface area (Å²) in [6.07, 6.45) is 5.53. The van der Waals surface area contributed by atoms with Crippen molar-refractivity contribution in [2.24, 2.45) is 0 Å². The number of anilines is 2. The summed E-state index contributed by atoms with van der Waals surface area (Å²) in [5.74, 6) is 2.15. The van der Waals surface area contributed by atoms with E-state index in [1.54, 1.807) is 24.0 Å². The molecule has 0 spiro atoms. The van der Waals surface area contributed by atoms with Crippen LogP contribution in [0.4, 0.5) is 16.2 Å². The fourth-order valence-electron chi connectivity index (χ4n) is 4.81. The molecule has 4 rings (SSSR count). The van der Waals surface area contributed by atoms with E-state index in [9.17, 15) is 9.59 Å². The van der Waals surface area contributed by atoms with Crippen LogP contribution in [0, 0.1) is 0 Å². The third kappa shape index (κ3) is 5.69. The maximum absolute atomic E-state index is 13.5. The molecule has 8 nitrogen and oxygen atoms in total. The fraction of sp³-hybridized carbons (Fsp3) is 0.500. The smallest absolute Gasteiger partial charge is 0.324 e. The van der Waals surface area contributed by atoms with E-state index in [4.69, 9.17) is 14.2 Å². The molecule has 0 atom stereocenters. The third-order valence-corrected chi connectivity index (χ3v) is 6.79. The van der Waals surface area contributed by atoms with E-state index < -0.39 is 0 Å². The maximum atomic E-state index is 13.5. The zero-order valence-electron chi connectivity index (χ0n) is 21.6. The van der Waals surface area contributed by atoms with Crippen molar-refractivity contribution in [1.82, 2.24) is 4.90 Å². The van der Waals surface area contributed by atoms with Gasteiger partial charge in [0.1, 0.15) is 5.75 Å². The van der Waals surface area contributed by atoms with E-state index in [2.05, 4.69) is 6.92 Å². The lowest BCUT2D eigenvalue weighted by atomic mass is 10.1. The fourth-order valence-corrected chi connectivity index (χ4v) is 4.81. The number of urea groups is 1. The Kier molecular flexibility index (Phi) is 8.57. The van der Waals surface area contributed by atoms with Gasteiger partial charge in [-0.2, -0.15) is 0 Å². The van der Waals surface area contributed by atoms with Crippen molar-refractivity contribution >= 4 is 23.3 Å². The summed E-state index contributed by atoms with van der Waals surface area (Å²) in [5.41, 5.74) is 2.55. The van der Waals surface area contributed by atoms with E-state index >= 15 is 0 Å². The average Bonchev–Trinajstić information content (AvgIpc) is 3.33. The second kappa shape index (κ2) is 12.0. The number of methoxy groups -OCH3 is 2. The number of rotatable bonds is 11. The Morgan fingerprint density at radius 1 is 0.806 bits per heavy atom. The Balaban J connectivity index is 1.49. The lowest BCUT2D eigenvalue weighted by molar-refractivity contribution is -0.117. The van der Waals surface area contributed by atoms with Crippen LogP contribution in [0.25, 0.3) is 0 Å². The first-order valence-corrected chi connectivity index (χ1v) is 12.9. The lowest BCUT2D eigenvalue weighted by Crippen LogP contribution is -2.49. The highest BCUT2D eigenvalue weighted by Crippen LogP contribution is 2.34. The molecular formula is C28H37N3O5. The minimum absolute atomic E-state index is 0.0517. The van der Waals surface area contributed by atoms with Crippen LogP contribution in [-0.4, -0.2) is 57.3 Å². The van der Waals surface area contributed by atoms with E-state index in [1.807, 2.05) is 41.3 Å². The first kappa shape index (κ1) is 25.7. The van der Waals surface area contributed by atoms with Crippen molar-refractivity contribution in [3.8, 4) is 17.2 Å². The summed E-state index contributed by atoms with van der Waals surface area (Å²) in [5, 5.41) is 0. The molecule has 2 aliphatic heterocycles. The van der Waals surface area contributed by atoms with Crippen LogP contribution in [-0.2, 0) is 11.3 Å². The largest absolute Gasteiger partial charge is 0.496 e. The molecule has 2 aromatic carbocycles. The van der Waals surface area contributed by atoms with E-state index in [-0.39, 0.29) is 11.9 Å². The highest BCUT2D eigenvalue weighted by atomic mass is 16.5. The number of ether oxygens (including phenoxy) is 3.